The zero-order valence-electron chi connectivity index (χ0n) is 15.4. The number of aromatic amines is 1. The predicted molar refractivity (Wildman–Crippen MR) is 106 cm³/mol. The van der Waals surface area contributed by atoms with Gasteiger partial charge in [0.15, 0.2) is 5.69 Å². The second kappa shape index (κ2) is 7.68. The molecule has 6 nitrogen and oxygen atoms in total. The SMILES string of the molecule is O=C(c1nc(Cc2ccccc2-c2ccccc2)[nH]c(=O)c1O)N1CCCC1. The highest BCUT2D eigenvalue weighted by Gasteiger charge is 2.25. The number of benzene rings is 2. The minimum Gasteiger partial charge on any atom is -0.501 e. The van der Waals surface area contributed by atoms with Gasteiger partial charge >= 0.3 is 0 Å². The van der Waals surface area contributed by atoms with Gasteiger partial charge in [0.05, 0.1) is 0 Å². The van der Waals surface area contributed by atoms with Crippen molar-refractivity contribution < 1.29 is 9.90 Å². The molecule has 6 heteroatoms. The second-order valence-corrected chi connectivity index (χ2v) is 6.91. The lowest BCUT2D eigenvalue weighted by Gasteiger charge is -2.16. The van der Waals surface area contributed by atoms with E-state index in [9.17, 15) is 14.7 Å². The number of nitrogens with zero attached hydrogens (tertiary/aromatic N) is 2. The van der Waals surface area contributed by atoms with Crippen LogP contribution in [0.2, 0.25) is 0 Å². The minimum absolute atomic E-state index is 0.169. The summed E-state index contributed by atoms with van der Waals surface area (Å²) >= 11 is 0. The van der Waals surface area contributed by atoms with Gasteiger partial charge in [0.2, 0.25) is 5.75 Å². The van der Waals surface area contributed by atoms with E-state index in [0.29, 0.717) is 25.3 Å². The molecule has 0 unspecified atom stereocenters. The summed E-state index contributed by atoms with van der Waals surface area (Å²) in [6.45, 7) is 1.25. The molecule has 2 aromatic carbocycles. The number of aromatic nitrogens is 2. The van der Waals surface area contributed by atoms with Crippen molar-refractivity contribution in [2.45, 2.75) is 19.3 Å². The Morgan fingerprint density at radius 2 is 1.71 bits per heavy atom. The maximum atomic E-state index is 12.7. The lowest BCUT2D eigenvalue weighted by molar-refractivity contribution is 0.0782. The maximum absolute atomic E-state index is 12.7. The topological polar surface area (TPSA) is 86.3 Å². The number of rotatable bonds is 4. The van der Waals surface area contributed by atoms with Crippen molar-refractivity contribution in [3.05, 3.63) is 82.0 Å². The number of amides is 1. The molecule has 2 heterocycles. The highest BCUT2D eigenvalue weighted by molar-refractivity contribution is 5.94. The fourth-order valence-electron chi connectivity index (χ4n) is 3.57. The monoisotopic (exact) mass is 375 g/mol. The normalized spacial score (nSPS) is 13.6. The minimum atomic E-state index is -0.690. The molecule has 0 saturated carbocycles. The number of H-pyrrole nitrogens is 1. The quantitative estimate of drug-likeness (QED) is 0.734. The first-order valence-corrected chi connectivity index (χ1v) is 9.38. The molecule has 0 spiro atoms. The number of hydrogen-bond acceptors (Lipinski definition) is 4. The summed E-state index contributed by atoms with van der Waals surface area (Å²) in [4.78, 5) is 33.4. The van der Waals surface area contributed by atoms with Crippen LogP contribution in [0.25, 0.3) is 11.1 Å². The third-order valence-electron chi connectivity index (χ3n) is 5.00. The lowest BCUT2D eigenvalue weighted by Crippen LogP contribution is -2.30. The van der Waals surface area contributed by atoms with Crippen LogP contribution in [0.15, 0.2) is 59.4 Å². The molecular weight excluding hydrogens is 354 g/mol. The van der Waals surface area contributed by atoms with E-state index in [-0.39, 0.29) is 5.69 Å². The molecule has 1 fully saturated rings. The predicted octanol–water partition coefficient (Wildman–Crippen LogP) is 2.97. The van der Waals surface area contributed by atoms with E-state index in [2.05, 4.69) is 9.97 Å². The van der Waals surface area contributed by atoms with Crippen molar-refractivity contribution in [2.24, 2.45) is 0 Å². The van der Waals surface area contributed by atoms with E-state index in [1.807, 2.05) is 54.6 Å². The van der Waals surface area contributed by atoms with Gasteiger partial charge in [0, 0.05) is 19.5 Å². The number of hydrogen-bond donors (Lipinski definition) is 2. The molecule has 0 radical (unpaired) electrons. The number of nitrogens with one attached hydrogen (secondary N) is 1. The first-order chi connectivity index (χ1) is 13.6. The van der Waals surface area contributed by atoms with Crippen LogP contribution in [-0.4, -0.2) is 39.0 Å². The van der Waals surface area contributed by atoms with Gasteiger partial charge in [-0.15, -0.1) is 0 Å². The molecule has 0 aliphatic carbocycles. The van der Waals surface area contributed by atoms with Crippen LogP contribution in [-0.2, 0) is 6.42 Å². The Labute approximate surface area is 162 Å². The van der Waals surface area contributed by atoms with Crippen LogP contribution < -0.4 is 5.56 Å². The summed E-state index contributed by atoms with van der Waals surface area (Å²) in [5.41, 5.74) is 2.21. The summed E-state index contributed by atoms with van der Waals surface area (Å²) in [5, 5.41) is 10.1. The molecule has 0 atom stereocenters. The number of aromatic hydroxyl groups is 1. The molecule has 0 bridgehead atoms. The highest BCUT2D eigenvalue weighted by atomic mass is 16.3. The molecule has 1 aliphatic heterocycles. The van der Waals surface area contributed by atoms with Crippen molar-refractivity contribution >= 4 is 5.91 Å². The zero-order chi connectivity index (χ0) is 19.5. The lowest BCUT2D eigenvalue weighted by atomic mass is 9.97. The van der Waals surface area contributed by atoms with Crippen molar-refractivity contribution in [2.75, 3.05) is 13.1 Å². The van der Waals surface area contributed by atoms with Crippen LogP contribution in [0.4, 0.5) is 0 Å². The smallest absolute Gasteiger partial charge is 0.293 e. The summed E-state index contributed by atoms with van der Waals surface area (Å²) in [5.74, 6) is -0.649. The van der Waals surface area contributed by atoms with E-state index in [0.717, 1.165) is 29.5 Å². The molecule has 3 aromatic rings. The average Bonchev–Trinajstić information content (AvgIpc) is 3.26. The molecule has 1 saturated heterocycles. The van der Waals surface area contributed by atoms with E-state index < -0.39 is 17.2 Å². The van der Waals surface area contributed by atoms with E-state index in [1.54, 1.807) is 4.90 Å². The number of carbonyl (C=O) groups is 1. The molecule has 1 aliphatic rings. The third kappa shape index (κ3) is 3.53. The number of likely N-dealkylation sites (tertiary alicyclic amines) is 1. The van der Waals surface area contributed by atoms with E-state index in [1.165, 1.54) is 0 Å². The number of carbonyl (C=O) groups excluding carboxylic acids is 1. The Kier molecular flexibility index (Phi) is 4.93. The van der Waals surface area contributed by atoms with Gasteiger partial charge < -0.3 is 15.0 Å². The third-order valence-corrected chi connectivity index (χ3v) is 5.00. The first-order valence-electron chi connectivity index (χ1n) is 9.38. The molecular formula is C22H21N3O3. The van der Waals surface area contributed by atoms with Gasteiger partial charge in [-0.1, -0.05) is 54.6 Å². The fraction of sp³-hybridized carbons (Fsp3) is 0.227. The van der Waals surface area contributed by atoms with Crippen molar-refractivity contribution in [1.29, 1.82) is 0 Å². The average molecular weight is 375 g/mol. The van der Waals surface area contributed by atoms with Crippen LogP contribution in [0.5, 0.6) is 5.75 Å². The van der Waals surface area contributed by atoms with Gasteiger partial charge in [-0.2, -0.15) is 0 Å². The zero-order valence-corrected chi connectivity index (χ0v) is 15.4. The molecule has 142 valence electrons. The molecule has 28 heavy (non-hydrogen) atoms. The largest absolute Gasteiger partial charge is 0.501 e. The van der Waals surface area contributed by atoms with Crippen molar-refractivity contribution in [1.82, 2.24) is 14.9 Å². The molecule has 1 amide bonds. The van der Waals surface area contributed by atoms with Crippen molar-refractivity contribution in [3.8, 4) is 16.9 Å². The first kappa shape index (κ1) is 18.0. The Morgan fingerprint density at radius 1 is 1.04 bits per heavy atom. The highest BCUT2D eigenvalue weighted by Crippen LogP contribution is 2.25. The second-order valence-electron chi connectivity index (χ2n) is 6.91. The van der Waals surface area contributed by atoms with E-state index in [4.69, 9.17) is 0 Å². The van der Waals surface area contributed by atoms with Crippen LogP contribution >= 0.6 is 0 Å². The standard InChI is InChI=1S/C22H21N3O3/c26-20-19(22(28)25-12-6-7-13-25)23-18(24-21(20)27)14-16-10-4-5-11-17(16)15-8-2-1-3-9-15/h1-5,8-11,26H,6-7,12-14H2,(H,23,24,27). The Morgan fingerprint density at radius 3 is 2.46 bits per heavy atom. The van der Waals surface area contributed by atoms with Gasteiger partial charge in [-0.3, -0.25) is 9.59 Å². The molecule has 2 N–H and O–H groups in total. The Hall–Kier alpha value is -3.41. The maximum Gasteiger partial charge on any atom is 0.293 e. The van der Waals surface area contributed by atoms with Crippen LogP contribution in [0.3, 0.4) is 0 Å². The summed E-state index contributed by atoms with van der Waals surface area (Å²) in [6.07, 6.45) is 2.20. The molecule has 1 aromatic heterocycles. The van der Waals surface area contributed by atoms with Crippen LogP contribution in [0.1, 0.15) is 34.7 Å². The van der Waals surface area contributed by atoms with Gasteiger partial charge in [-0.25, -0.2) is 4.98 Å². The summed E-state index contributed by atoms with van der Waals surface area (Å²) < 4.78 is 0. The summed E-state index contributed by atoms with van der Waals surface area (Å²) in [6, 6.07) is 17.8. The Bertz CT molecular complexity index is 1050. The van der Waals surface area contributed by atoms with Crippen molar-refractivity contribution in [3.63, 3.8) is 0 Å². The van der Waals surface area contributed by atoms with Gasteiger partial charge in [0.1, 0.15) is 5.82 Å². The fourth-order valence-corrected chi connectivity index (χ4v) is 3.57. The van der Waals surface area contributed by atoms with Gasteiger partial charge in [0.25, 0.3) is 11.5 Å². The van der Waals surface area contributed by atoms with Crippen LogP contribution in [0, 0.1) is 0 Å². The van der Waals surface area contributed by atoms with E-state index >= 15 is 0 Å². The Balaban J connectivity index is 1.70. The summed E-state index contributed by atoms with van der Waals surface area (Å²) in [7, 11) is 0. The van der Waals surface area contributed by atoms with Gasteiger partial charge in [-0.05, 0) is 29.5 Å². The molecule has 4 rings (SSSR count).